The first-order valence-corrected chi connectivity index (χ1v) is 6.82. The van der Waals surface area contributed by atoms with Gasteiger partial charge >= 0.3 is 0 Å². The van der Waals surface area contributed by atoms with Gasteiger partial charge in [0.15, 0.2) is 0 Å². The summed E-state index contributed by atoms with van der Waals surface area (Å²) in [6, 6.07) is 2.24. The summed E-state index contributed by atoms with van der Waals surface area (Å²) >= 11 is 0. The van der Waals surface area contributed by atoms with E-state index in [4.69, 9.17) is 5.11 Å². The molecule has 0 unspecified atom stereocenters. The Bertz CT molecular complexity index is 289. The molecule has 0 fully saturated rings. The van der Waals surface area contributed by atoms with Crippen molar-refractivity contribution < 1.29 is 9.90 Å². The molecule has 0 aliphatic carbocycles. The van der Waals surface area contributed by atoms with E-state index in [2.05, 4.69) is 6.07 Å². The summed E-state index contributed by atoms with van der Waals surface area (Å²) in [5.74, 6) is -0.127. The number of aliphatic hydroxyl groups excluding tert-OH is 1. The second kappa shape index (κ2) is 8.10. The fraction of sp³-hybridized carbons (Fsp3) is 0.857. The Morgan fingerprint density at radius 3 is 2.11 bits per heavy atom. The Morgan fingerprint density at radius 1 is 1.33 bits per heavy atom. The van der Waals surface area contributed by atoms with E-state index in [0.717, 1.165) is 12.8 Å². The van der Waals surface area contributed by atoms with Crippen molar-refractivity contribution in [1.29, 1.82) is 5.26 Å². The highest BCUT2D eigenvalue weighted by molar-refractivity contribution is 5.85. The van der Waals surface area contributed by atoms with Crippen LogP contribution in [-0.2, 0) is 4.79 Å². The molecule has 1 N–H and O–H groups in total. The number of aliphatic hydroxyl groups is 1. The van der Waals surface area contributed by atoms with Crippen LogP contribution in [0.15, 0.2) is 0 Å². The number of hydrogen-bond donors (Lipinski definition) is 1. The Morgan fingerprint density at radius 2 is 1.83 bits per heavy atom. The quantitative estimate of drug-likeness (QED) is 0.723. The van der Waals surface area contributed by atoms with Gasteiger partial charge in [-0.3, -0.25) is 4.79 Å². The first kappa shape index (κ1) is 16.9. The van der Waals surface area contributed by atoms with Crippen molar-refractivity contribution in [2.24, 2.45) is 5.41 Å². The molecule has 0 saturated carbocycles. The van der Waals surface area contributed by atoms with Gasteiger partial charge in [-0.1, -0.05) is 26.7 Å². The van der Waals surface area contributed by atoms with Crippen LogP contribution in [0.25, 0.3) is 0 Å². The summed E-state index contributed by atoms with van der Waals surface area (Å²) in [5, 5.41) is 18.5. The number of nitriles is 1. The van der Waals surface area contributed by atoms with Gasteiger partial charge in [0.25, 0.3) is 0 Å². The normalized spacial score (nSPS) is 11.4. The lowest BCUT2D eigenvalue weighted by molar-refractivity contribution is -0.142. The fourth-order valence-electron chi connectivity index (χ4n) is 2.33. The SMILES string of the molecule is CCCC(C#N)(CCC)C(=O)N(CCO)C(C)C. The van der Waals surface area contributed by atoms with Gasteiger partial charge in [-0.05, 0) is 26.7 Å². The molecule has 0 aliphatic heterocycles. The van der Waals surface area contributed by atoms with E-state index in [1.807, 2.05) is 27.7 Å². The molecule has 0 heterocycles. The molecule has 0 aliphatic rings. The van der Waals surface area contributed by atoms with Crippen LogP contribution in [0.3, 0.4) is 0 Å². The third kappa shape index (κ3) is 3.99. The lowest BCUT2D eigenvalue weighted by Crippen LogP contribution is -2.47. The lowest BCUT2D eigenvalue weighted by atomic mass is 9.79. The van der Waals surface area contributed by atoms with Crippen molar-refractivity contribution in [3.05, 3.63) is 0 Å². The monoisotopic (exact) mass is 254 g/mol. The predicted octanol–water partition coefficient (Wildman–Crippen LogP) is 2.33. The van der Waals surface area contributed by atoms with E-state index in [-0.39, 0.29) is 18.6 Å². The summed E-state index contributed by atoms with van der Waals surface area (Å²) in [6.07, 6.45) is 2.80. The van der Waals surface area contributed by atoms with Crippen LogP contribution in [0.4, 0.5) is 0 Å². The fourth-order valence-corrected chi connectivity index (χ4v) is 2.33. The Balaban J connectivity index is 5.20. The second-order valence-electron chi connectivity index (χ2n) is 5.01. The number of hydrogen-bond acceptors (Lipinski definition) is 3. The maximum absolute atomic E-state index is 12.6. The topological polar surface area (TPSA) is 64.3 Å². The van der Waals surface area contributed by atoms with Crippen LogP contribution >= 0.6 is 0 Å². The average Bonchev–Trinajstić information content (AvgIpc) is 2.34. The van der Waals surface area contributed by atoms with Gasteiger partial charge in [0.1, 0.15) is 5.41 Å². The molecule has 1 amide bonds. The summed E-state index contributed by atoms with van der Waals surface area (Å²) in [4.78, 5) is 14.2. The van der Waals surface area contributed by atoms with E-state index >= 15 is 0 Å². The summed E-state index contributed by atoms with van der Waals surface area (Å²) in [7, 11) is 0. The first-order chi connectivity index (χ1) is 8.48. The van der Waals surface area contributed by atoms with Crippen molar-refractivity contribution in [1.82, 2.24) is 4.90 Å². The van der Waals surface area contributed by atoms with E-state index in [9.17, 15) is 10.1 Å². The molecule has 0 aromatic heterocycles. The highest BCUT2D eigenvalue weighted by Crippen LogP contribution is 2.32. The average molecular weight is 254 g/mol. The van der Waals surface area contributed by atoms with Crippen molar-refractivity contribution in [2.45, 2.75) is 59.4 Å². The molecule has 0 aromatic carbocycles. The molecule has 0 atom stereocenters. The Kier molecular flexibility index (Phi) is 7.61. The highest BCUT2D eigenvalue weighted by Gasteiger charge is 2.40. The van der Waals surface area contributed by atoms with Crippen LogP contribution < -0.4 is 0 Å². The smallest absolute Gasteiger partial charge is 0.243 e. The van der Waals surface area contributed by atoms with Gasteiger partial charge in [0.2, 0.25) is 5.91 Å². The molecule has 0 aromatic rings. The van der Waals surface area contributed by atoms with Crippen molar-refractivity contribution in [3.63, 3.8) is 0 Å². The molecular weight excluding hydrogens is 228 g/mol. The molecule has 4 heteroatoms. The number of nitrogens with zero attached hydrogens (tertiary/aromatic N) is 2. The Labute approximate surface area is 111 Å². The molecule has 0 saturated heterocycles. The second-order valence-corrected chi connectivity index (χ2v) is 5.01. The number of carbonyl (C=O) groups excluding carboxylic acids is 1. The molecule has 4 nitrogen and oxygen atoms in total. The Hall–Kier alpha value is -1.08. The minimum atomic E-state index is -0.914. The minimum absolute atomic E-state index is 0.00564. The summed E-state index contributed by atoms with van der Waals surface area (Å²) < 4.78 is 0. The number of amides is 1. The molecule has 18 heavy (non-hydrogen) atoms. The van der Waals surface area contributed by atoms with E-state index in [0.29, 0.717) is 19.4 Å². The molecular formula is C14H26N2O2. The summed E-state index contributed by atoms with van der Waals surface area (Å²) in [6.45, 7) is 8.03. The van der Waals surface area contributed by atoms with E-state index in [1.54, 1.807) is 4.90 Å². The van der Waals surface area contributed by atoms with Gasteiger partial charge in [-0.25, -0.2) is 0 Å². The standard InChI is InChI=1S/C14H26N2O2/c1-5-7-14(11-15,8-6-2)13(18)16(9-10-17)12(3)4/h12,17H,5-10H2,1-4H3. The number of carbonyl (C=O) groups is 1. The van der Waals surface area contributed by atoms with Crippen LogP contribution in [0.5, 0.6) is 0 Å². The van der Waals surface area contributed by atoms with Gasteiger partial charge in [0.05, 0.1) is 12.7 Å². The predicted molar refractivity (Wildman–Crippen MR) is 71.8 cm³/mol. The van der Waals surface area contributed by atoms with Crippen LogP contribution in [0.2, 0.25) is 0 Å². The zero-order valence-electron chi connectivity index (χ0n) is 12.1. The highest BCUT2D eigenvalue weighted by atomic mass is 16.3. The van der Waals surface area contributed by atoms with E-state index < -0.39 is 5.41 Å². The van der Waals surface area contributed by atoms with Crippen LogP contribution in [0.1, 0.15) is 53.4 Å². The van der Waals surface area contributed by atoms with Gasteiger partial charge in [-0.2, -0.15) is 5.26 Å². The van der Waals surface area contributed by atoms with Crippen molar-refractivity contribution in [2.75, 3.05) is 13.2 Å². The lowest BCUT2D eigenvalue weighted by Gasteiger charge is -2.34. The van der Waals surface area contributed by atoms with Crippen molar-refractivity contribution >= 4 is 5.91 Å². The third-order valence-electron chi connectivity index (χ3n) is 3.20. The largest absolute Gasteiger partial charge is 0.395 e. The van der Waals surface area contributed by atoms with Crippen molar-refractivity contribution in [3.8, 4) is 6.07 Å². The first-order valence-electron chi connectivity index (χ1n) is 6.82. The molecule has 0 bridgehead atoms. The molecule has 104 valence electrons. The van der Waals surface area contributed by atoms with Gasteiger partial charge in [-0.15, -0.1) is 0 Å². The molecule has 0 spiro atoms. The maximum Gasteiger partial charge on any atom is 0.243 e. The maximum atomic E-state index is 12.6. The molecule has 0 rings (SSSR count). The van der Waals surface area contributed by atoms with Crippen LogP contribution in [0, 0.1) is 16.7 Å². The number of rotatable bonds is 8. The minimum Gasteiger partial charge on any atom is -0.395 e. The third-order valence-corrected chi connectivity index (χ3v) is 3.20. The summed E-state index contributed by atoms with van der Waals surface area (Å²) in [5.41, 5.74) is -0.914. The zero-order valence-corrected chi connectivity index (χ0v) is 12.1. The zero-order chi connectivity index (χ0) is 14.2. The van der Waals surface area contributed by atoms with Gasteiger partial charge in [0, 0.05) is 12.6 Å². The van der Waals surface area contributed by atoms with E-state index in [1.165, 1.54) is 0 Å². The van der Waals surface area contributed by atoms with Crippen LogP contribution in [-0.4, -0.2) is 35.1 Å². The van der Waals surface area contributed by atoms with Gasteiger partial charge < -0.3 is 10.0 Å². The molecule has 0 radical (unpaired) electrons.